The molecule has 0 atom stereocenters. The van der Waals surface area contributed by atoms with Crippen LogP contribution in [0.1, 0.15) is 16.7 Å². The predicted molar refractivity (Wildman–Crippen MR) is 67.5 cm³/mol. The van der Waals surface area contributed by atoms with Gasteiger partial charge >= 0.3 is 0 Å². The third-order valence-corrected chi connectivity index (χ3v) is 2.51. The van der Waals surface area contributed by atoms with Crippen molar-refractivity contribution in [2.75, 3.05) is 5.32 Å². The van der Waals surface area contributed by atoms with Crippen LogP contribution in [-0.4, -0.2) is 4.98 Å². The van der Waals surface area contributed by atoms with Crippen LogP contribution in [0.25, 0.3) is 0 Å². The van der Waals surface area contributed by atoms with Crippen LogP contribution in [-0.2, 0) is 6.54 Å². The van der Waals surface area contributed by atoms with Crippen molar-refractivity contribution in [3.05, 3.63) is 59.3 Å². The van der Waals surface area contributed by atoms with Gasteiger partial charge in [0.1, 0.15) is 5.82 Å². The number of aromatic nitrogens is 1. The van der Waals surface area contributed by atoms with Gasteiger partial charge in [0.15, 0.2) is 0 Å². The van der Waals surface area contributed by atoms with Gasteiger partial charge in [-0.25, -0.2) is 4.98 Å². The Morgan fingerprint density at radius 2 is 1.75 bits per heavy atom. The van der Waals surface area contributed by atoms with Crippen LogP contribution >= 0.6 is 0 Å². The minimum atomic E-state index is 0.816. The van der Waals surface area contributed by atoms with E-state index in [1.54, 1.807) is 0 Å². The molecule has 0 amide bonds. The molecule has 1 heterocycles. The van der Waals surface area contributed by atoms with Crippen LogP contribution in [0.15, 0.2) is 42.6 Å². The first-order chi connectivity index (χ1) is 7.74. The molecule has 1 aromatic carbocycles. The monoisotopic (exact) mass is 212 g/mol. The number of benzene rings is 1. The number of hydrogen-bond donors (Lipinski definition) is 1. The molecule has 0 aliphatic rings. The SMILES string of the molecule is Cc1ccc(CNc2cc(C)ccn2)cc1. The molecule has 0 aliphatic carbocycles. The highest BCUT2D eigenvalue weighted by molar-refractivity contribution is 5.38. The average Bonchev–Trinajstić information content (AvgIpc) is 2.28. The van der Waals surface area contributed by atoms with Gasteiger partial charge in [-0.15, -0.1) is 0 Å². The van der Waals surface area contributed by atoms with E-state index in [4.69, 9.17) is 0 Å². The predicted octanol–water partition coefficient (Wildman–Crippen LogP) is 3.31. The van der Waals surface area contributed by atoms with E-state index in [0.29, 0.717) is 0 Å². The van der Waals surface area contributed by atoms with Gasteiger partial charge in [-0.3, -0.25) is 0 Å². The highest BCUT2D eigenvalue weighted by Gasteiger charge is 1.95. The van der Waals surface area contributed by atoms with Gasteiger partial charge in [-0.05, 0) is 37.1 Å². The summed E-state index contributed by atoms with van der Waals surface area (Å²) in [5.74, 6) is 0.931. The first kappa shape index (κ1) is 10.7. The highest BCUT2D eigenvalue weighted by Crippen LogP contribution is 2.08. The maximum atomic E-state index is 4.26. The van der Waals surface area contributed by atoms with E-state index >= 15 is 0 Å². The normalized spacial score (nSPS) is 10.1. The second kappa shape index (κ2) is 4.79. The van der Waals surface area contributed by atoms with E-state index in [2.05, 4.69) is 48.4 Å². The van der Waals surface area contributed by atoms with Crippen molar-refractivity contribution in [3.63, 3.8) is 0 Å². The maximum Gasteiger partial charge on any atom is 0.126 e. The molecular formula is C14H16N2. The van der Waals surface area contributed by atoms with Crippen LogP contribution in [0.5, 0.6) is 0 Å². The van der Waals surface area contributed by atoms with E-state index in [9.17, 15) is 0 Å². The Morgan fingerprint density at radius 1 is 1.00 bits per heavy atom. The van der Waals surface area contributed by atoms with Crippen LogP contribution < -0.4 is 5.32 Å². The van der Waals surface area contributed by atoms with E-state index in [1.807, 2.05) is 18.3 Å². The second-order valence-electron chi connectivity index (χ2n) is 4.06. The molecule has 0 saturated heterocycles. The Balaban J connectivity index is 1.99. The molecule has 0 unspecified atom stereocenters. The van der Waals surface area contributed by atoms with Crippen LogP contribution in [0.2, 0.25) is 0 Å². The second-order valence-corrected chi connectivity index (χ2v) is 4.06. The molecule has 1 N–H and O–H groups in total. The molecule has 1 aromatic heterocycles. The fraction of sp³-hybridized carbons (Fsp3) is 0.214. The zero-order valence-electron chi connectivity index (χ0n) is 9.70. The minimum Gasteiger partial charge on any atom is -0.366 e. The molecule has 0 fully saturated rings. The van der Waals surface area contributed by atoms with Crippen LogP contribution in [0, 0.1) is 13.8 Å². The lowest BCUT2D eigenvalue weighted by Gasteiger charge is -2.06. The van der Waals surface area contributed by atoms with Crippen LogP contribution in [0.3, 0.4) is 0 Å². The molecule has 0 saturated carbocycles. The third kappa shape index (κ3) is 2.83. The number of aryl methyl sites for hydroxylation is 2. The summed E-state index contributed by atoms with van der Waals surface area (Å²) in [7, 11) is 0. The van der Waals surface area contributed by atoms with E-state index in [0.717, 1.165) is 12.4 Å². The molecule has 2 aromatic rings. The Kier molecular flexibility index (Phi) is 3.20. The van der Waals surface area contributed by atoms with Gasteiger partial charge in [0.05, 0.1) is 0 Å². The highest BCUT2D eigenvalue weighted by atomic mass is 15.0. The summed E-state index contributed by atoms with van der Waals surface area (Å²) in [5.41, 5.74) is 3.78. The van der Waals surface area contributed by atoms with Gasteiger partial charge in [0, 0.05) is 12.7 Å². The van der Waals surface area contributed by atoms with E-state index in [-0.39, 0.29) is 0 Å². The van der Waals surface area contributed by atoms with Gasteiger partial charge < -0.3 is 5.32 Å². The molecule has 2 rings (SSSR count). The quantitative estimate of drug-likeness (QED) is 0.844. The Bertz CT molecular complexity index is 460. The largest absolute Gasteiger partial charge is 0.366 e. The van der Waals surface area contributed by atoms with Crippen molar-refractivity contribution in [1.29, 1.82) is 0 Å². The Morgan fingerprint density at radius 3 is 2.44 bits per heavy atom. The van der Waals surface area contributed by atoms with Crippen molar-refractivity contribution < 1.29 is 0 Å². The van der Waals surface area contributed by atoms with Crippen LogP contribution in [0.4, 0.5) is 5.82 Å². The molecule has 0 aliphatic heterocycles. The maximum absolute atomic E-state index is 4.26. The molecule has 2 nitrogen and oxygen atoms in total. The summed E-state index contributed by atoms with van der Waals surface area (Å²) in [6.45, 7) is 4.98. The number of anilines is 1. The third-order valence-electron chi connectivity index (χ3n) is 2.51. The lowest BCUT2D eigenvalue weighted by Crippen LogP contribution is -2.01. The minimum absolute atomic E-state index is 0.816. The van der Waals surface area contributed by atoms with Gasteiger partial charge in [0.2, 0.25) is 0 Å². The summed E-state index contributed by atoms with van der Waals surface area (Å²) in [6.07, 6.45) is 1.83. The zero-order valence-corrected chi connectivity index (χ0v) is 9.70. The van der Waals surface area contributed by atoms with Crippen molar-refractivity contribution >= 4 is 5.82 Å². The fourth-order valence-corrected chi connectivity index (χ4v) is 1.53. The summed E-state index contributed by atoms with van der Waals surface area (Å²) in [4.78, 5) is 4.26. The van der Waals surface area contributed by atoms with Gasteiger partial charge in [-0.2, -0.15) is 0 Å². The summed E-state index contributed by atoms with van der Waals surface area (Å²) in [5, 5.41) is 3.31. The smallest absolute Gasteiger partial charge is 0.126 e. The zero-order chi connectivity index (χ0) is 11.4. The molecule has 2 heteroatoms. The Labute approximate surface area is 96.4 Å². The molecule has 82 valence electrons. The fourth-order valence-electron chi connectivity index (χ4n) is 1.53. The lowest BCUT2D eigenvalue weighted by atomic mass is 10.1. The summed E-state index contributed by atoms with van der Waals surface area (Å²) in [6, 6.07) is 12.6. The van der Waals surface area contributed by atoms with Gasteiger partial charge in [0.25, 0.3) is 0 Å². The van der Waals surface area contributed by atoms with Crippen molar-refractivity contribution in [1.82, 2.24) is 4.98 Å². The first-order valence-corrected chi connectivity index (χ1v) is 5.46. The van der Waals surface area contributed by atoms with Crippen molar-refractivity contribution in [2.24, 2.45) is 0 Å². The van der Waals surface area contributed by atoms with Crippen molar-refractivity contribution in [2.45, 2.75) is 20.4 Å². The topological polar surface area (TPSA) is 24.9 Å². The average molecular weight is 212 g/mol. The summed E-state index contributed by atoms with van der Waals surface area (Å²) < 4.78 is 0. The first-order valence-electron chi connectivity index (χ1n) is 5.46. The van der Waals surface area contributed by atoms with Gasteiger partial charge in [-0.1, -0.05) is 29.8 Å². The van der Waals surface area contributed by atoms with E-state index in [1.165, 1.54) is 16.7 Å². The number of nitrogens with zero attached hydrogens (tertiary/aromatic N) is 1. The molecule has 16 heavy (non-hydrogen) atoms. The number of nitrogens with one attached hydrogen (secondary N) is 1. The number of hydrogen-bond acceptors (Lipinski definition) is 2. The Hall–Kier alpha value is -1.83. The standard InChI is InChI=1S/C14H16N2/c1-11-3-5-13(6-4-11)10-16-14-9-12(2)7-8-15-14/h3-9H,10H2,1-2H3,(H,15,16). The van der Waals surface area contributed by atoms with Crippen molar-refractivity contribution in [3.8, 4) is 0 Å². The number of rotatable bonds is 3. The molecule has 0 spiro atoms. The molecule has 0 radical (unpaired) electrons. The molecule has 0 bridgehead atoms. The molecular weight excluding hydrogens is 196 g/mol. The summed E-state index contributed by atoms with van der Waals surface area (Å²) >= 11 is 0. The van der Waals surface area contributed by atoms with E-state index < -0.39 is 0 Å². The number of pyridine rings is 1. The lowest BCUT2D eigenvalue weighted by molar-refractivity contribution is 1.10.